The first-order valence-corrected chi connectivity index (χ1v) is 23.7. The maximum absolute atomic E-state index is 2.48. The quantitative estimate of drug-likeness (QED) is 0.111. The van der Waals surface area contributed by atoms with Crippen molar-refractivity contribution in [1.29, 1.82) is 0 Å². The smallest absolute Gasteiger partial charge is 0.0361 e. The minimum Gasteiger partial charge on any atom is -0.135 e. The molecule has 1 aromatic heterocycles. The van der Waals surface area contributed by atoms with Crippen LogP contribution in [-0.2, 0) is 0 Å². The highest BCUT2D eigenvalue weighted by Gasteiger charge is 2.23. The van der Waals surface area contributed by atoms with Crippen LogP contribution in [0.5, 0.6) is 0 Å². The van der Waals surface area contributed by atoms with E-state index < -0.39 is 0 Å². The lowest BCUT2D eigenvalue weighted by molar-refractivity contribution is 0.982. The molecule has 0 aliphatic carbocycles. The summed E-state index contributed by atoms with van der Waals surface area (Å²) >= 11 is 1.89. The first-order chi connectivity index (χ1) is 32.7. The highest BCUT2D eigenvalue weighted by Crippen LogP contribution is 2.45. The standard InChI is InChI=1S/C65H42S/c1-2-16-43(17-3-1)59-39-51(31-33-55(59)49-30-29-42-15-4-5-18-44(42)35-49)65(52-32-34-63-61(40-52)62-37-45-19-6-7-20-46(45)41-64(62)66-63)50-23-14-22-47(36-50)53-25-10-11-27-57(53)60-38-48-21-8-9-24-54(48)56-26-12-13-28-58(56)60/h1-41,65H. The Balaban J connectivity index is 1.02. The summed E-state index contributed by atoms with van der Waals surface area (Å²) in [6.07, 6.45) is 0. The number of hydrogen-bond acceptors (Lipinski definition) is 1. The van der Waals surface area contributed by atoms with Crippen LogP contribution in [0.2, 0.25) is 0 Å². The van der Waals surface area contributed by atoms with Crippen molar-refractivity contribution in [3.05, 3.63) is 265 Å². The molecule has 0 spiro atoms. The molecular formula is C65H42S. The van der Waals surface area contributed by atoms with Crippen molar-refractivity contribution in [2.45, 2.75) is 5.92 Å². The van der Waals surface area contributed by atoms with Crippen molar-refractivity contribution < 1.29 is 0 Å². The summed E-state index contributed by atoms with van der Waals surface area (Å²) in [5.41, 5.74) is 13.6. The maximum Gasteiger partial charge on any atom is 0.0361 e. The zero-order valence-corrected chi connectivity index (χ0v) is 37.0. The molecule has 0 saturated carbocycles. The van der Waals surface area contributed by atoms with Crippen LogP contribution in [0.15, 0.2) is 249 Å². The second kappa shape index (κ2) is 15.9. The predicted octanol–water partition coefficient (Wildman–Crippen LogP) is 18.5. The Labute approximate surface area is 388 Å². The van der Waals surface area contributed by atoms with Crippen molar-refractivity contribution in [3.63, 3.8) is 0 Å². The van der Waals surface area contributed by atoms with Gasteiger partial charge in [-0.05, 0) is 147 Å². The maximum atomic E-state index is 2.48. The first kappa shape index (κ1) is 38.4. The second-order valence-electron chi connectivity index (χ2n) is 17.6. The zero-order chi connectivity index (χ0) is 43.6. The predicted molar refractivity (Wildman–Crippen MR) is 285 cm³/mol. The van der Waals surface area contributed by atoms with E-state index >= 15 is 0 Å². The average Bonchev–Trinajstić information content (AvgIpc) is 3.74. The Bertz CT molecular complexity index is 4000. The molecule has 0 amide bonds. The molecule has 0 aliphatic heterocycles. The molecule has 1 heteroatoms. The van der Waals surface area contributed by atoms with Crippen LogP contribution < -0.4 is 0 Å². The Morgan fingerprint density at radius 2 is 0.803 bits per heavy atom. The fourth-order valence-corrected chi connectivity index (χ4v) is 11.7. The zero-order valence-electron chi connectivity index (χ0n) is 36.2. The van der Waals surface area contributed by atoms with Gasteiger partial charge in [0.2, 0.25) is 0 Å². The Morgan fingerprint density at radius 1 is 0.227 bits per heavy atom. The van der Waals surface area contributed by atoms with Gasteiger partial charge in [0, 0.05) is 26.1 Å². The van der Waals surface area contributed by atoms with Gasteiger partial charge in [0.15, 0.2) is 0 Å². The molecule has 0 fully saturated rings. The summed E-state index contributed by atoms with van der Waals surface area (Å²) in [4.78, 5) is 0. The molecule has 1 atom stereocenters. The molecule has 1 heterocycles. The highest BCUT2D eigenvalue weighted by molar-refractivity contribution is 7.25. The topological polar surface area (TPSA) is 0 Å². The third-order valence-corrected chi connectivity index (χ3v) is 14.9. The van der Waals surface area contributed by atoms with Gasteiger partial charge in [-0.2, -0.15) is 0 Å². The first-order valence-electron chi connectivity index (χ1n) is 22.8. The van der Waals surface area contributed by atoms with E-state index in [-0.39, 0.29) is 5.92 Å². The fraction of sp³-hybridized carbons (Fsp3) is 0.0154. The van der Waals surface area contributed by atoms with Gasteiger partial charge in [-0.15, -0.1) is 11.3 Å². The Kier molecular flexibility index (Phi) is 9.22. The highest BCUT2D eigenvalue weighted by atomic mass is 32.1. The van der Waals surface area contributed by atoms with E-state index in [9.17, 15) is 0 Å². The molecule has 1 unspecified atom stereocenters. The fourth-order valence-electron chi connectivity index (χ4n) is 10.6. The summed E-state index contributed by atoms with van der Waals surface area (Å²) < 4.78 is 2.63. The number of fused-ring (bicyclic) bond motifs is 8. The summed E-state index contributed by atoms with van der Waals surface area (Å²) in [5.74, 6) is -0.0495. The van der Waals surface area contributed by atoms with E-state index in [1.165, 1.54) is 124 Å². The van der Waals surface area contributed by atoms with Crippen molar-refractivity contribution in [2.75, 3.05) is 0 Å². The van der Waals surface area contributed by atoms with E-state index in [0.29, 0.717) is 0 Å². The van der Waals surface area contributed by atoms with Crippen LogP contribution in [0.1, 0.15) is 22.6 Å². The van der Waals surface area contributed by atoms with E-state index in [0.717, 1.165) is 0 Å². The average molecular weight is 855 g/mol. The summed E-state index contributed by atoms with van der Waals surface area (Å²) in [7, 11) is 0. The normalized spacial score (nSPS) is 12.2. The summed E-state index contributed by atoms with van der Waals surface area (Å²) in [5, 5.41) is 12.7. The lowest BCUT2D eigenvalue weighted by atomic mass is 9.81. The molecule has 0 aliphatic rings. The molecule has 0 saturated heterocycles. The number of rotatable bonds is 7. The molecule has 308 valence electrons. The van der Waals surface area contributed by atoms with Crippen molar-refractivity contribution in [1.82, 2.24) is 0 Å². The molecule has 0 bridgehead atoms. The van der Waals surface area contributed by atoms with Crippen molar-refractivity contribution in [3.8, 4) is 44.5 Å². The Hall–Kier alpha value is -8.10. The SMILES string of the molecule is c1ccc(-c2cc(C(c3cccc(-c4ccccc4-c4cc5ccccc5c5ccccc45)c3)c3ccc4sc5cc6ccccc6cc5c4c3)ccc2-c2ccc3ccccc3c2)cc1. The molecule has 12 aromatic carbocycles. The number of benzene rings is 12. The van der Waals surface area contributed by atoms with E-state index in [4.69, 9.17) is 0 Å². The van der Waals surface area contributed by atoms with Gasteiger partial charge in [0.05, 0.1) is 0 Å². The van der Waals surface area contributed by atoms with Gasteiger partial charge in [0.25, 0.3) is 0 Å². The summed E-state index contributed by atoms with van der Waals surface area (Å²) in [6, 6.07) is 92.7. The van der Waals surface area contributed by atoms with Gasteiger partial charge in [-0.3, -0.25) is 0 Å². The second-order valence-corrected chi connectivity index (χ2v) is 18.7. The van der Waals surface area contributed by atoms with Crippen LogP contribution in [-0.4, -0.2) is 0 Å². The third-order valence-electron chi connectivity index (χ3n) is 13.7. The van der Waals surface area contributed by atoms with Gasteiger partial charge < -0.3 is 0 Å². The minimum absolute atomic E-state index is 0.0495. The van der Waals surface area contributed by atoms with E-state index in [1.54, 1.807) is 0 Å². The molecular weight excluding hydrogens is 813 g/mol. The molecule has 0 N–H and O–H groups in total. The Morgan fingerprint density at radius 3 is 1.64 bits per heavy atom. The van der Waals surface area contributed by atoms with Crippen molar-refractivity contribution in [2.24, 2.45) is 0 Å². The van der Waals surface area contributed by atoms with Crippen LogP contribution >= 0.6 is 11.3 Å². The van der Waals surface area contributed by atoms with E-state index in [2.05, 4.69) is 249 Å². The molecule has 0 radical (unpaired) electrons. The van der Waals surface area contributed by atoms with Crippen molar-refractivity contribution >= 4 is 74.6 Å². The van der Waals surface area contributed by atoms with Gasteiger partial charge in [-0.25, -0.2) is 0 Å². The van der Waals surface area contributed by atoms with Crippen LogP contribution in [0.3, 0.4) is 0 Å². The molecule has 0 nitrogen and oxygen atoms in total. The lowest BCUT2D eigenvalue weighted by Crippen LogP contribution is -2.05. The number of hydrogen-bond donors (Lipinski definition) is 0. The van der Waals surface area contributed by atoms with Gasteiger partial charge in [0.1, 0.15) is 0 Å². The van der Waals surface area contributed by atoms with Gasteiger partial charge >= 0.3 is 0 Å². The van der Waals surface area contributed by atoms with Gasteiger partial charge in [-0.1, -0.05) is 206 Å². The molecule has 66 heavy (non-hydrogen) atoms. The lowest BCUT2D eigenvalue weighted by Gasteiger charge is -2.23. The number of thiophene rings is 1. The molecule has 13 rings (SSSR count). The molecule has 13 aromatic rings. The monoisotopic (exact) mass is 854 g/mol. The largest absolute Gasteiger partial charge is 0.135 e. The van der Waals surface area contributed by atoms with Crippen LogP contribution in [0, 0.1) is 0 Å². The van der Waals surface area contributed by atoms with Crippen LogP contribution in [0.4, 0.5) is 0 Å². The van der Waals surface area contributed by atoms with Crippen LogP contribution in [0.25, 0.3) is 108 Å². The van der Waals surface area contributed by atoms with E-state index in [1.807, 2.05) is 11.3 Å². The summed E-state index contributed by atoms with van der Waals surface area (Å²) in [6.45, 7) is 0. The third kappa shape index (κ3) is 6.59. The minimum atomic E-state index is -0.0495.